The minimum Gasteiger partial charge on any atom is -0.294 e. The summed E-state index contributed by atoms with van der Waals surface area (Å²) in [6.07, 6.45) is 4.86. The minimum absolute atomic E-state index is 0.158. The molecule has 0 atom stereocenters. The van der Waals surface area contributed by atoms with Crippen LogP contribution < -0.4 is 0 Å². The van der Waals surface area contributed by atoms with Gasteiger partial charge < -0.3 is 0 Å². The van der Waals surface area contributed by atoms with Gasteiger partial charge in [0.2, 0.25) is 5.95 Å². The van der Waals surface area contributed by atoms with Crippen molar-refractivity contribution in [1.29, 1.82) is 0 Å². The highest BCUT2D eigenvalue weighted by molar-refractivity contribution is 5.97. The Morgan fingerprint density at radius 2 is 2.31 bits per heavy atom. The molecule has 0 radical (unpaired) electrons. The zero-order valence-corrected chi connectivity index (χ0v) is 7.54. The number of Topliss-reactive ketones (excluding diaryl/α,β-unsaturated/α-hetero) is 1. The highest BCUT2D eigenvalue weighted by atomic mass is 19.1. The Morgan fingerprint density at radius 3 is 2.85 bits per heavy atom. The molecule has 0 unspecified atom stereocenters. The van der Waals surface area contributed by atoms with Gasteiger partial charge in [0.05, 0.1) is 0 Å². The van der Waals surface area contributed by atoms with Crippen molar-refractivity contribution in [3.63, 3.8) is 0 Å². The number of hydrogen-bond donors (Lipinski definition) is 0. The van der Waals surface area contributed by atoms with E-state index in [0.29, 0.717) is 11.1 Å². The first kappa shape index (κ1) is 9.58. The number of halogens is 1. The monoisotopic (exact) mass is 179 g/mol. The van der Waals surface area contributed by atoms with E-state index in [1.807, 2.05) is 6.92 Å². The summed E-state index contributed by atoms with van der Waals surface area (Å²) in [6, 6.07) is 1.15. The lowest BCUT2D eigenvalue weighted by Crippen LogP contribution is -1.98. The lowest BCUT2D eigenvalue weighted by Gasteiger charge is -2.00. The van der Waals surface area contributed by atoms with Crippen molar-refractivity contribution >= 4 is 11.9 Å². The maximum Gasteiger partial charge on any atom is 0.213 e. The largest absolute Gasteiger partial charge is 0.294 e. The molecule has 0 aromatic carbocycles. The molecular formula is C10H10FNO. The number of rotatable bonds is 2. The average molecular weight is 179 g/mol. The predicted molar refractivity (Wildman–Crippen MR) is 48.9 cm³/mol. The van der Waals surface area contributed by atoms with Crippen LogP contribution in [0.1, 0.15) is 29.8 Å². The maximum absolute atomic E-state index is 12.7. The maximum atomic E-state index is 12.7. The highest BCUT2D eigenvalue weighted by Gasteiger charge is 2.06. The van der Waals surface area contributed by atoms with E-state index in [4.69, 9.17) is 0 Å². The van der Waals surface area contributed by atoms with Crippen molar-refractivity contribution < 1.29 is 9.18 Å². The van der Waals surface area contributed by atoms with E-state index in [2.05, 4.69) is 4.98 Å². The van der Waals surface area contributed by atoms with Gasteiger partial charge in [0.15, 0.2) is 5.78 Å². The second-order valence-electron chi connectivity index (χ2n) is 2.65. The quantitative estimate of drug-likeness (QED) is 0.515. The first-order chi connectivity index (χ1) is 6.15. The van der Waals surface area contributed by atoms with Gasteiger partial charge in [-0.2, -0.15) is 4.39 Å². The molecule has 0 amide bonds. The lowest BCUT2D eigenvalue weighted by atomic mass is 10.1. The molecule has 3 heteroatoms. The van der Waals surface area contributed by atoms with Crippen LogP contribution in [-0.2, 0) is 0 Å². The summed E-state index contributed by atoms with van der Waals surface area (Å²) < 4.78 is 12.7. The summed E-state index contributed by atoms with van der Waals surface area (Å²) in [6.45, 7) is 3.23. The van der Waals surface area contributed by atoms with Gasteiger partial charge in [-0.3, -0.25) is 4.79 Å². The van der Waals surface area contributed by atoms with Crippen LogP contribution in [0.2, 0.25) is 0 Å². The Morgan fingerprint density at radius 1 is 1.62 bits per heavy atom. The predicted octanol–water partition coefficient (Wildman–Crippen LogP) is 2.46. The molecule has 0 saturated heterocycles. The van der Waals surface area contributed by atoms with E-state index in [1.54, 1.807) is 12.2 Å². The lowest BCUT2D eigenvalue weighted by molar-refractivity contribution is 0.101. The van der Waals surface area contributed by atoms with Crippen LogP contribution in [0, 0.1) is 5.95 Å². The van der Waals surface area contributed by atoms with Crippen LogP contribution in [-0.4, -0.2) is 10.8 Å². The van der Waals surface area contributed by atoms with Gasteiger partial charge in [0.25, 0.3) is 0 Å². The fourth-order valence-electron chi connectivity index (χ4n) is 1.06. The Bertz CT molecular complexity index is 358. The van der Waals surface area contributed by atoms with Gasteiger partial charge in [-0.15, -0.1) is 0 Å². The second-order valence-corrected chi connectivity index (χ2v) is 2.65. The number of carbonyl (C=O) groups is 1. The van der Waals surface area contributed by atoms with Crippen LogP contribution in [0.15, 0.2) is 18.3 Å². The summed E-state index contributed by atoms with van der Waals surface area (Å²) in [4.78, 5) is 14.5. The molecule has 13 heavy (non-hydrogen) atoms. The van der Waals surface area contributed by atoms with Crippen molar-refractivity contribution in [2.45, 2.75) is 13.8 Å². The highest BCUT2D eigenvalue weighted by Crippen LogP contribution is 2.11. The smallest absolute Gasteiger partial charge is 0.213 e. The molecule has 0 aliphatic rings. The van der Waals surface area contributed by atoms with Gasteiger partial charge in [-0.25, -0.2) is 4.98 Å². The number of hydrogen-bond acceptors (Lipinski definition) is 2. The third-order valence-corrected chi connectivity index (χ3v) is 1.63. The zero-order valence-electron chi connectivity index (χ0n) is 7.54. The summed E-state index contributed by atoms with van der Waals surface area (Å²) in [7, 11) is 0. The Labute approximate surface area is 76.1 Å². The standard InChI is InChI=1S/C10H10FNO/c1-3-4-8-6-12-10(11)5-9(8)7(2)13/h3-6H,1-2H3/b4-3+. The zero-order chi connectivity index (χ0) is 9.84. The molecule has 2 nitrogen and oxygen atoms in total. The van der Waals surface area contributed by atoms with Crippen LogP contribution in [0.3, 0.4) is 0 Å². The molecule has 0 saturated carbocycles. The van der Waals surface area contributed by atoms with E-state index >= 15 is 0 Å². The number of aromatic nitrogens is 1. The van der Waals surface area contributed by atoms with Gasteiger partial charge >= 0.3 is 0 Å². The normalized spacial score (nSPS) is 10.7. The molecule has 1 aromatic rings. The van der Waals surface area contributed by atoms with E-state index in [0.717, 1.165) is 6.07 Å². The van der Waals surface area contributed by atoms with Gasteiger partial charge in [-0.05, 0) is 13.8 Å². The molecule has 0 aliphatic heterocycles. The first-order valence-corrected chi connectivity index (χ1v) is 3.94. The SMILES string of the molecule is C/C=C/c1cnc(F)cc1C(C)=O. The van der Waals surface area contributed by atoms with Crippen LogP contribution in [0.25, 0.3) is 6.08 Å². The minimum atomic E-state index is -0.626. The van der Waals surface area contributed by atoms with Crippen LogP contribution >= 0.6 is 0 Å². The molecule has 1 rings (SSSR count). The van der Waals surface area contributed by atoms with E-state index in [9.17, 15) is 9.18 Å². The van der Waals surface area contributed by atoms with Crippen molar-refractivity contribution in [3.8, 4) is 0 Å². The summed E-state index contributed by atoms with van der Waals surface area (Å²) in [5.74, 6) is -0.784. The van der Waals surface area contributed by atoms with E-state index in [-0.39, 0.29) is 5.78 Å². The molecular weight excluding hydrogens is 169 g/mol. The molecule has 0 N–H and O–H groups in total. The number of pyridine rings is 1. The number of nitrogens with zero attached hydrogens (tertiary/aromatic N) is 1. The van der Waals surface area contributed by atoms with E-state index < -0.39 is 5.95 Å². The molecule has 0 fully saturated rings. The van der Waals surface area contributed by atoms with Crippen molar-refractivity contribution in [2.24, 2.45) is 0 Å². The fourth-order valence-corrected chi connectivity index (χ4v) is 1.06. The van der Waals surface area contributed by atoms with Gasteiger partial charge in [0.1, 0.15) is 0 Å². The number of carbonyl (C=O) groups excluding carboxylic acids is 1. The Balaban J connectivity index is 3.26. The first-order valence-electron chi connectivity index (χ1n) is 3.94. The third-order valence-electron chi connectivity index (χ3n) is 1.63. The molecule has 0 aliphatic carbocycles. The Kier molecular flexibility index (Phi) is 2.90. The second kappa shape index (κ2) is 3.94. The summed E-state index contributed by atoms with van der Waals surface area (Å²) in [5, 5.41) is 0. The van der Waals surface area contributed by atoms with Gasteiger partial charge in [0, 0.05) is 23.4 Å². The van der Waals surface area contributed by atoms with Crippen molar-refractivity contribution in [3.05, 3.63) is 35.4 Å². The number of ketones is 1. The van der Waals surface area contributed by atoms with Crippen LogP contribution in [0.4, 0.5) is 4.39 Å². The molecule has 68 valence electrons. The summed E-state index contributed by atoms with van der Waals surface area (Å²) >= 11 is 0. The average Bonchev–Trinajstić information content (AvgIpc) is 2.08. The molecule has 1 heterocycles. The molecule has 0 spiro atoms. The number of allylic oxidation sites excluding steroid dienone is 1. The van der Waals surface area contributed by atoms with Gasteiger partial charge in [-0.1, -0.05) is 12.2 Å². The van der Waals surface area contributed by atoms with Crippen molar-refractivity contribution in [2.75, 3.05) is 0 Å². The Hall–Kier alpha value is -1.51. The summed E-state index contributed by atoms with van der Waals surface area (Å²) in [5.41, 5.74) is 1.02. The fraction of sp³-hybridized carbons (Fsp3) is 0.200. The van der Waals surface area contributed by atoms with Crippen molar-refractivity contribution in [1.82, 2.24) is 4.98 Å². The van der Waals surface area contributed by atoms with Crippen LogP contribution in [0.5, 0.6) is 0 Å². The van der Waals surface area contributed by atoms with E-state index in [1.165, 1.54) is 13.1 Å². The molecule has 1 aromatic heterocycles. The topological polar surface area (TPSA) is 30.0 Å². The third kappa shape index (κ3) is 2.21. The molecule has 0 bridgehead atoms.